The van der Waals surface area contributed by atoms with Gasteiger partial charge in [-0.3, -0.25) is 4.57 Å². The van der Waals surface area contributed by atoms with Crippen LogP contribution in [0, 0.1) is 6.92 Å². The highest BCUT2D eigenvalue weighted by atomic mass is 79.9. The van der Waals surface area contributed by atoms with Crippen LogP contribution in [0.25, 0.3) is 16.7 Å². The lowest BCUT2D eigenvalue weighted by molar-refractivity contribution is 0.976. The molecular weight excluding hydrogens is 403 g/mol. The Morgan fingerprint density at radius 2 is 2.00 bits per heavy atom. The topological polar surface area (TPSA) is 17.8 Å². The zero-order valence-corrected chi connectivity index (χ0v) is 14.6. The van der Waals surface area contributed by atoms with Gasteiger partial charge in [0, 0.05) is 8.95 Å². The minimum atomic E-state index is 0.368. The van der Waals surface area contributed by atoms with E-state index < -0.39 is 0 Å². The Morgan fingerprint density at radius 3 is 2.75 bits per heavy atom. The van der Waals surface area contributed by atoms with Gasteiger partial charge in [0.2, 0.25) is 0 Å². The van der Waals surface area contributed by atoms with Gasteiger partial charge in [-0.2, -0.15) is 0 Å². The Labute approximate surface area is 139 Å². The molecule has 20 heavy (non-hydrogen) atoms. The van der Waals surface area contributed by atoms with E-state index in [9.17, 15) is 0 Å². The normalized spacial score (nSPS) is 11.2. The summed E-state index contributed by atoms with van der Waals surface area (Å²) in [7, 11) is 0. The SMILES string of the molecule is Cc1cccc2c1nc(CCl)n2-c1cc(Br)ccc1Br. The first-order chi connectivity index (χ1) is 9.61. The van der Waals surface area contributed by atoms with Gasteiger partial charge < -0.3 is 0 Å². The van der Waals surface area contributed by atoms with Gasteiger partial charge in [-0.1, -0.05) is 28.1 Å². The lowest BCUT2D eigenvalue weighted by atomic mass is 10.2. The van der Waals surface area contributed by atoms with E-state index in [1.54, 1.807) is 0 Å². The first-order valence-electron chi connectivity index (χ1n) is 6.10. The van der Waals surface area contributed by atoms with E-state index in [0.29, 0.717) is 5.88 Å². The molecule has 0 aliphatic rings. The molecular formula is C15H11Br2ClN2. The van der Waals surface area contributed by atoms with E-state index in [0.717, 1.165) is 37.1 Å². The highest BCUT2D eigenvalue weighted by molar-refractivity contribution is 9.11. The van der Waals surface area contributed by atoms with Crippen molar-refractivity contribution in [2.24, 2.45) is 0 Å². The van der Waals surface area contributed by atoms with Crippen LogP contribution in [-0.4, -0.2) is 9.55 Å². The number of aromatic nitrogens is 2. The fourth-order valence-corrected chi connectivity index (χ4v) is 3.26. The van der Waals surface area contributed by atoms with Crippen LogP contribution >= 0.6 is 43.5 Å². The summed E-state index contributed by atoms with van der Waals surface area (Å²) >= 11 is 13.2. The summed E-state index contributed by atoms with van der Waals surface area (Å²) in [5.74, 6) is 1.21. The van der Waals surface area contributed by atoms with E-state index >= 15 is 0 Å². The molecule has 1 aromatic heterocycles. The number of hydrogen-bond acceptors (Lipinski definition) is 1. The molecule has 5 heteroatoms. The standard InChI is InChI=1S/C15H11Br2ClN2/c1-9-3-2-4-12-15(9)19-14(8-18)20(12)13-7-10(16)5-6-11(13)17/h2-7H,8H2,1H3. The van der Waals surface area contributed by atoms with Crippen LogP contribution in [0.15, 0.2) is 45.3 Å². The summed E-state index contributed by atoms with van der Waals surface area (Å²) in [6.07, 6.45) is 0. The summed E-state index contributed by atoms with van der Waals surface area (Å²) in [6.45, 7) is 2.06. The van der Waals surface area contributed by atoms with Crippen molar-refractivity contribution in [2.45, 2.75) is 12.8 Å². The number of fused-ring (bicyclic) bond motifs is 1. The summed E-state index contributed by atoms with van der Waals surface area (Å²) in [4.78, 5) is 4.67. The summed E-state index contributed by atoms with van der Waals surface area (Å²) < 4.78 is 4.13. The second kappa shape index (κ2) is 5.51. The van der Waals surface area contributed by atoms with Crippen molar-refractivity contribution >= 4 is 54.5 Å². The molecule has 0 unspecified atom stereocenters. The molecule has 0 atom stereocenters. The van der Waals surface area contributed by atoms with Gasteiger partial charge in [-0.05, 0) is 52.7 Å². The van der Waals surface area contributed by atoms with Crippen LogP contribution in [0.4, 0.5) is 0 Å². The molecule has 0 saturated heterocycles. The van der Waals surface area contributed by atoms with Crippen molar-refractivity contribution in [3.8, 4) is 5.69 Å². The third kappa shape index (κ3) is 2.30. The molecule has 0 saturated carbocycles. The fourth-order valence-electron chi connectivity index (χ4n) is 2.30. The average molecular weight is 415 g/mol. The second-order valence-electron chi connectivity index (χ2n) is 4.54. The van der Waals surface area contributed by atoms with Crippen molar-refractivity contribution in [1.82, 2.24) is 9.55 Å². The Balaban J connectivity index is 2.40. The molecule has 2 nitrogen and oxygen atoms in total. The Bertz CT molecular complexity index is 796. The Hall–Kier alpha value is -0.840. The van der Waals surface area contributed by atoms with Crippen molar-refractivity contribution in [3.63, 3.8) is 0 Å². The molecule has 0 spiro atoms. The number of halogens is 3. The Kier molecular flexibility index (Phi) is 3.89. The molecule has 1 heterocycles. The van der Waals surface area contributed by atoms with Gasteiger partial charge in [-0.25, -0.2) is 4.98 Å². The third-order valence-electron chi connectivity index (χ3n) is 3.22. The summed E-state index contributed by atoms with van der Waals surface area (Å²) in [5, 5.41) is 0. The van der Waals surface area contributed by atoms with Crippen molar-refractivity contribution < 1.29 is 0 Å². The molecule has 0 fully saturated rings. The number of hydrogen-bond donors (Lipinski definition) is 0. The first-order valence-corrected chi connectivity index (χ1v) is 8.22. The maximum absolute atomic E-state index is 6.09. The Morgan fingerprint density at radius 1 is 1.20 bits per heavy atom. The molecule has 3 aromatic rings. The molecule has 102 valence electrons. The van der Waals surface area contributed by atoms with E-state index in [-0.39, 0.29) is 0 Å². The van der Waals surface area contributed by atoms with Crippen molar-refractivity contribution in [1.29, 1.82) is 0 Å². The molecule has 0 aliphatic heterocycles. The fraction of sp³-hybridized carbons (Fsp3) is 0.133. The van der Waals surface area contributed by atoms with Gasteiger partial charge >= 0.3 is 0 Å². The maximum Gasteiger partial charge on any atom is 0.129 e. The van der Waals surface area contributed by atoms with Gasteiger partial charge in [-0.15, -0.1) is 11.6 Å². The zero-order chi connectivity index (χ0) is 14.3. The van der Waals surface area contributed by atoms with Crippen molar-refractivity contribution in [2.75, 3.05) is 0 Å². The molecule has 0 N–H and O–H groups in total. The molecule has 0 bridgehead atoms. The van der Waals surface area contributed by atoms with Gasteiger partial charge in [0.05, 0.1) is 22.6 Å². The quantitative estimate of drug-likeness (QED) is 0.499. The molecule has 3 rings (SSSR count). The smallest absolute Gasteiger partial charge is 0.129 e. The summed E-state index contributed by atoms with van der Waals surface area (Å²) in [6, 6.07) is 12.2. The van der Waals surface area contributed by atoms with Crippen LogP contribution in [-0.2, 0) is 5.88 Å². The monoisotopic (exact) mass is 412 g/mol. The molecule has 0 aliphatic carbocycles. The predicted molar refractivity (Wildman–Crippen MR) is 90.8 cm³/mol. The average Bonchev–Trinajstić information content (AvgIpc) is 2.81. The van der Waals surface area contributed by atoms with E-state index in [2.05, 4.69) is 66.5 Å². The van der Waals surface area contributed by atoms with E-state index in [1.165, 1.54) is 0 Å². The van der Waals surface area contributed by atoms with Gasteiger partial charge in [0.15, 0.2) is 0 Å². The molecule has 2 aromatic carbocycles. The molecule has 0 amide bonds. The van der Waals surface area contributed by atoms with Gasteiger partial charge in [0.1, 0.15) is 5.82 Å². The van der Waals surface area contributed by atoms with Crippen LogP contribution in [0.2, 0.25) is 0 Å². The number of benzene rings is 2. The number of para-hydroxylation sites is 1. The second-order valence-corrected chi connectivity index (χ2v) is 6.57. The van der Waals surface area contributed by atoms with Gasteiger partial charge in [0.25, 0.3) is 0 Å². The largest absolute Gasteiger partial charge is 0.294 e. The van der Waals surface area contributed by atoms with Crippen LogP contribution in [0.1, 0.15) is 11.4 Å². The van der Waals surface area contributed by atoms with Crippen LogP contribution in [0.3, 0.4) is 0 Å². The van der Waals surface area contributed by atoms with Crippen molar-refractivity contribution in [3.05, 3.63) is 56.7 Å². The lowest BCUT2D eigenvalue weighted by Crippen LogP contribution is -2.00. The van der Waals surface area contributed by atoms with Crippen LogP contribution in [0.5, 0.6) is 0 Å². The number of imidazole rings is 1. The minimum absolute atomic E-state index is 0.368. The highest BCUT2D eigenvalue weighted by Gasteiger charge is 2.15. The number of nitrogens with zero attached hydrogens (tertiary/aromatic N) is 2. The molecule has 0 radical (unpaired) electrons. The first kappa shape index (κ1) is 14.1. The lowest BCUT2D eigenvalue weighted by Gasteiger charge is -2.10. The van der Waals surface area contributed by atoms with E-state index in [1.807, 2.05) is 18.2 Å². The predicted octanol–water partition coefficient (Wildman–Crippen LogP) is 5.60. The number of aryl methyl sites for hydroxylation is 1. The van der Waals surface area contributed by atoms with Crippen LogP contribution < -0.4 is 0 Å². The maximum atomic E-state index is 6.09. The number of alkyl halides is 1. The summed E-state index contributed by atoms with van der Waals surface area (Å²) in [5.41, 5.74) is 4.25. The third-order valence-corrected chi connectivity index (χ3v) is 4.63. The number of rotatable bonds is 2. The highest BCUT2D eigenvalue weighted by Crippen LogP contribution is 2.31. The van der Waals surface area contributed by atoms with E-state index in [4.69, 9.17) is 11.6 Å². The minimum Gasteiger partial charge on any atom is -0.294 e. The zero-order valence-electron chi connectivity index (χ0n) is 10.7.